The van der Waals surface area contributed by atoms with Crippen LogP contribution in [0.5, 0.6) is 11.5 Å². The van der Waals surface area contributed by atoms with E-state index in [1.165, 1.54) is 67.3 Å². The number of esters is 1. The predicted octanol–water partition coefficient (Wildman–Crippen LogP) is 14.2. The van der Waals surface area contributed by atoms with Crippen LogP contribution in [0, 0.1) is 107 Å². The largest absolute Gasteiger partial charge is 0.497 e. The molecule has 4 nitrogen and oxygen atoms in total. The number of carbonyl (C=O) groups excluding carboxylic acids is 2. The maximum absolute atomic E-state index is 11.5. The minimum atomic E-state index is -0.308. The van der Waals surface area contributed by atoms with Crippen LogP contribution < -0.4 is 9.47 Å². The van der Waals surface area contributed by atoms with Crippen LogP contribution in [-0.2, 0) is 15.0 Å². The Morgan fingerprint density at radius 3 is 1.43 bits per heavy atom. The molecule has 14 rings (SSSR count). The fourth-order valence-electron chi connectivity index (χ4n) is 20.3. The van der Waals surface area contributed by atoms with E-state index in [1.807, 2.05) is 36.4 Å². The Kier molecular flexibility index (Phi) is 12.8. The van der Waals surface area contributed by atoms with E-state index >= 15 is 0 Å². The van der Waals surface area contributed by atoms with E-state index in [0.717, 1.165) is 103 Å². The molecule has 10 bridgehead atoms. The van der Waals surface area contributed by atoms with Crippen molar-refractivity contribution in [2.75, 3.05) is 19.6 Å². The zero-order chi connectivity index (χ0) is 46.0. The molecule has 364 valence electrons. The first-order valence-corrected chi connectivity index (χ1v) is 31.6. The van der Waals surface area contributed by atoms with Crippen molar-refractivity contribution in [1.82, 2.24) is 0 Å². The van der Waals surface area contributed by atoms with Crippen LogP contribution in [0.1, 0.15) is 129 Å². The van der Waals surface area contributed by atoms with Crippen molar-refractivity contribution in [2.45, 2.75) is 149 Å². The normalized spacial score (nSPS) is 46.7. The number of fused-ring (bicyclic) bond motifs is 26. The number of rotatable bonds is 9. The molecule has 0 N–H and O–H groups in total. The van der Waals surface area contributed by atoms with Gasteiger partial charge in [-0.2, -0.15) is 35.3 Å². The first-order chi connectivity index (χ1) is 32.4. The summed E-state index contributed by atoms with van der Waals surface area (Å²) in [4.78, 5) is 22.4. The quantitative estimate of drug-likeness (QED) is 0.140. The van der Waals surface area contributed by atoms with Crippen LogP contribution in [0.2, 0.25) is 0 Å². The van der Waals surface area contributed by atoms with Gasteiger partial charge in [0.1, 0.15) is 11.5 Å². The van der Waals surface area contributed by atoms with Crippen molar-refractivity contribution in [2.24, 2.45) is 107 Å². The smallest absolute Gasteiger partial charge is 0.308 e. The van der Waals surface area contributed by atoms with Crippen LogP contribution in [-0.4, -0.2) is 57.0 Å². The van der Waals surface area contributed by atoms with Crippen LogP contribution in [0.25, 0.3) is 0 Å². The topological polar surface area (TPSA) is 52.6 Å². The molecular weight excluding hydrogens is 901 g/mol. The Morgan fingerprint density at radius 1 is 0.507 bits per heavy atom. The summed E-state index contributed by atoms with van der Waals surface area (Å²) in [6.45, 7) is 7.48. The lowest BCUT2D eigenvalue weighted by Crippen LogP contribution is -2.39. The molecule has 0 heterocycles. The van der Waals surface area contributed by atoms with Gasteiger partial charge in [-0.05, 0) is 238 Å². The second-order valence-corrected chi connectivity index (χ2v) is 30.2. The van der Waals surface area contributed by atoms with Gasteiger partial charge in [0.2, 0.25) is 0 Å². The summed E-state index contributed by atoms with van der Waals surface area (Å²) < 4.78 is 10.3. The number of ether oxygens (including phenoxy) is 2. The van der Waals surface area contributed by atoms with Crippen molar-refractivity contribution < 1.29 is 19.1 Å². The number of benzene rings is 2. The van der Waals surface area contributed by atoms with Gasteiger partial charge in [-0.1, -0.05) is 56.3 Å². The van der Waals surface area contributed by atoms with Crippen LogP contribution in [0.15, 0.2) is 48.5 Å². The third-order valence-electron chi connectivity index (χ3n) is 22.3. The highest BCUT2D eigenvalue weighted by molar-refractivity contribution is 8.14. The molecule has 0 saturated heterocycles. The average molecular weight is 982 g/mol. The molecule has 12 fully saturated rings. The average Bonchev–Trinajstić information content (AvgIpc) is 4.16. The predicted molar refractivity (Wildman–Crippen MR) is 282 cm³/mol. The second-order valence-electron chi connectivity index (χ2n) is 25.0. The minimum Gasteiger partial charge on any atom is -0.497 e. The van der Waals surface area contributed by atoms with E-state index in [-0.39, 0.29) is 11.4 Å². The fourth-order valence-corrected chi connectivity index (χ4v) is 25.6. The van der Waals surface area contributed by atoms with Crippen molar-refractivity contribution in [3.63, 3.8) is 0 Å². The molecule has 0 spiro atoms. The van der Waals surface area contributed by atoms with Crippen LogP contribution >= 0.6 is 47.0 Å². The number of methoxy groups -OCH3 is 1. The standard InChI is InChI=1S/C23H34S2.C18H20O3.C18H26OS2/c1-24-21-7-13-6-19(21)23-18-10-17(22(13)23)15-8-14(9-16(15)18)25-20-5-11-2-3-12(20)4-11;1-13(19)21-17-11-7-15(8-12-17)18(2,3)14-5-9-16(20-4)10-6-14;1-8(19)21-10-5-11-12(6-10)14-7-13(11)17-9-3-15(18(14)17)16(4-9)20-2/h11-23H,2-10H2,1H3;5-12H,1-4H3;9-18H,3-7H2,1-2H3. The van der Waals surface area contributed by atoms with Crippen molar-refractivity contribution in [3.05, 3.63) is 59.7 Å². The minimum absolute atomic E-state index is 0.138. The Bertz CT molecular complexity index is 2140. The lowest BCUT2D eigenvalue weighted by Gasteiger charge is -2.43. The number of hydrogen-bond donors (Lipinski definition) is 0. The summed E-state index contributed by atoms with van der Waals surface area (Å²) in [5.41, 5.74) is 2.22. The maximum Gasteiger partial charge on any atom is 0.308 e. The molecule has 2 aromatic carbocycles. The molecule has 0 radical (unpaired) electrons. The molecule has 8 heteroatoms. The molecule has 0 aliphatic heterocycles. The highest BCUT2D eigenvalue weighted by atomic mass is 32.2. The van der Waals surface area contributed by atoms with E-state index in [4.69, 9.17) is 9.47 Å². The molecule has 0 aromatic heterocycles. The van der Waals surface area contributed by atoms with Gasteiger partial charge in [0.25, 0.3) is 0 Å². The van der Waals surface area contributed by atoms with Crippen LogP contribution in [0.3, 0.4) is 0 Å². The molecule has 12 aliphatic carbocycles. The van der Waals surface area contributed by atoms with E-state index in [9.17, 15) is 9.59 Å². The summed E-state index contributed by atoms with van der Waals surface area (Å²) in [6, 6.07) is 15.7. The highest BCUT2D eigenvalue weighted by Gasteiger charge is 2.70. The third kappa shape index (κ3) is 8.08. The third-order valence-corrected chi connectivity index (χ3v) is 27.3. The first kappa shape index (κ1) is 46.8. The van der Waals surface area contributed by atoms with Gasteiger partial charge in [0.05, 0.1) is 7.11 Å². The summed E-state index contributed by atoms with van der Waals surface area (Å²) >= 11 is 8.55. The molecule has 23 unspecified atom stereocenters. The van der Waals surface area contributed by atoms with Crippen molar-refractivity contribution >= 4 is 58.1 Å². The van der Waals surface area contributed by atoms with Gasteiger partial charge in [0.15, 0.2) is 5.12 Å². The molecule has 12 saturated carbocycles. The van der Waals surface area contributed by atoms with E-state index in [0.29, 0.717) is 16.1 Å². The molecule has 67 heavy (non-hydrogen) atoms. The molecule has 0 amide bonds. The van der Waals surface area contributed by atoms with Gasteiger partial charge >= 0.3 is 5.97 Å². The summed E-state index contributed by atoms with van der Waals surface area (Å²) in [6.07, 6.45) is 26.6. The zero-order valence-electron chi connectivity index (χ0n) is 41.6. The van der Waals surface area contributed by atoms with Crippen molar-refractivity contribution in [1.29, 1.82) is 0 Å². The highest BCUT2D eigenvalue weighted by Crippen LogP contribution is 2.76. The van der Waals surface area contributed by atoms with Gasteiger partial charge in [-0.25, -0.2) is 0 Å². The van der Waals surface area contributed by atoms with Crippen LogP contribution in [0.4, 0.5) is 0 Å². The van der Waals surface area contributed by atoms with E-state index < -0.39 is 0 Å². The summed E-state index contributed by atoms with van der Waals surface area (Å²) in [7, 11) is 1.66. The Labute approximate surface area is 421 Å². The second kappa shape index (κ2) is 18.4. The van der Waals surface area contributed by atoms with Gasteiger partial charge in [-0.3, -0.25) is 9.59 Å². The fraction of sp³-hybridized carbons (Fsp3) is 0.763. The van der Waals surface area contributed by atoms with Gasteiger partial charge < -0.3 is 9.47 Å². The van der Waals surface area contributed by atoms with Gasteiger partial charge in [-0.15, -0.1) is 0 Å². The molecule has 12 aliphatic rings. The first-order valence-electron chi connectivity index (χ1n) is 27.2. The van der Waals surface area contributed by atoms with E-state index in [1.54, 1.807) is 96.4 Å². The lowest BCUT2D eigenvalue weighted by molar-refractivity contribution is -0.131. The Balaban J connectivity index is 0.000000106. The maximum atomic E-state index is 11.5. The molecule has 23 atom stereocenters. The monoisotopic (exact) mass is 980 g/mol. The Morgan fingerprint density at radius 2 is 1.00 bits per heavy atom. The summed E-state index contributed by atoms with van der Waals surface area (Å²) in [5, 5.41) is 5.18. The summed E-state index contributed by atoms with van der Waals surface area (Å²) in [5.74, 6) is 21.2. The van der Waals surface area contributed by atoms with Crippen molar-refractivity contribution in [3.8, 4) is 11.5 Å². The zero-order valence-corrected chi connectivity index (χ0v) is 44.8. The van der Waals surface area contributed by atoms with Gasteiger partial charge in [0, 0.05) is 45.5 Å². The SMILES string of the molecule is COc1ccc(C(C)(C)c2ccc(OC(C)=O)cc2)cc1.CSC1CC2CC1C1C3CC(C4CC(SC(C)=O)CC43)C21.CSC1CC2CC1C1C3CC(C4CC(SC5CC6CCC5C6)CC43)C21. The lowest BCUT2D eigenvalue weighted by atomic mass is 9.64. The molecule has 2 aromatic rings. The number of thioether (sulfide) groups is 4. The number of hydrogen-bond acceptors (Lipinski definition) is 8. The Hall–Kier alpha value is -1.22. The van der Waals surface area contributed by atoms with E-state index in [2.05, 4.69) is 73.8 Å². The number of carbonyl (C=O) groups is 2. The molecular formula is C59H80O4S4.